The van der Waals surface area contributed by atoms with Crippen molar-refractivity contribution in [3.63, 3.8) is 0 Å². The van der Waals surface area contributed by atoms with E-state index in [1.54, 1.807) is 62.3 Å². The van der Waals surface area contributed by atoms with Crippen molar-refractivity contribution in [2.45, 2.75) is 368 Å². The SMILES string of the molecule is CC(C)(C)CNC(=O)C(C)(C)C.CC(NC(=O)C(C)(C)C)C(C)(C)C.C[C@@H](NC(=O)C(C)(C)C)C(C)(C)C.C[C@H](NC(=O)C(C)(C)C)C(C)(C)C.[2H]C([2H])([2H])C(NC(=O)C(C)(C)C)C(C)(C)C.[2H]C([2H])([2H])[C@@H](NC(=O)C(C)(C)C)C(C)(C)C.[2H]C([2H])([2H])[C@H](NC(=O)C(C)(C)C)C(C)(C)C. The van der Waals surface area contributed by atoms with E-state index >= 15 is 0 Å². The second-order valence-electron chi connectivity index (χ2n) is 39.5. The molecule has 2 unspecified atom stereocenters. The van der Waals surface area contributed by atoms with Crippen LogP contribution in [0.5, 0.6) is 0 Å². The first-order valence-corrected chi connectivity index (χ1v) is 32.7. The van der Waals surface area contributed by atoms with Crippen LogP contribution in [0, 0.1) is 75.8 Å². The summed E-state index contributed by atoms with van der Waals surface area (Å²) in [6.45, 7) is 81.1. The van der Waals surface area contributed by atoms with E-state index in [1.165, 1.54) is 0 Å². The molecule has 0 bridgehead atoms. The average molecular weight is 1290 g/mol. The van der Waals surface area contributed by atoms with Crippen LogP contribution in [0.25, 0.3) is 0 Å². The smallest absolute Gasteiger partial charge is 0.225 e. The lowest BCUT2D eigenvalue weighted by Crippen LogP contribution is -2.46. The molecule has 14 heteroatoms. The Kier molecular flexibility index (Phi) is 33.5. The molecular weight excluding hydrogens is 1120 g/mol. The predicted molar refractivity (Wildman–Crippen MR) is 391 cm³/mol. The molecule has 0 radical (unpaired) electrons. The number of rotatable bonds is 7. The molecule has 0 aliphatic rings. The highest BCUT2D eigenvalue weighted by atomic mass is 16.2. The maximum atomic E-state index is 11.8. The Morgan fingerprint density at radius 2 is 0.356 bits per heavy atom. The van der Waals surface area contributed by atoms with Gasteiger partial charge in [0.15, 0.2) is 0 Å². The van der Waals surface area contributed by atoms with Crippen LogP contribution in [0.15, 0.2) is 0 Å². The van der Waals surface area contributed by atoms with Gasteiger partial charge in [-0.25, -0.2) is 0 Å². The number of amides is 7. The molecule has 540 valence electrons. The summed E-state index contributed by atoms with van der Waals surface area (Å²) in [6.07, 6.45) is 0. The van der Waals surface area contributed by atoms with Crippen molar-refractivity contribution in [3.05, 3.63) is 0 Å². The molecule has 6 atom stereocenters. The second-order valence-corrected chi connectivity index (χ2v) is 39.5. The normalized spacial score (nSPS) is 16.9. The quantitative estimate of drug-likeness (QED) is 0.131. The third-order valence-electron chi connectivity index (χ3n) is 13.9. The summed E-state index contributed by atoms with van der Waals surface area (Å²) in [5.74, 6) is -0.215. The average Bonchev–Trinajstić information content (AvgIpc) is 0.829. The molecule has 0 fully saturated rings. The molecule has 0 rings (SSSR count). The second kappa shape index (κ2) is 37.4. The summed E-state index contributed by atoms with van der Waals surface area (Å²) >= 11 is 0. The van der Waals surface area contributed by atoms with Crippen molar-refractivity contribution in [1.82, 2.24) is 37.2 Å². The van der Waals surface area contributed by atoms with Crippen molar-refractivity contribution in [2.75, 3.05) is 6.54 Å². The minimum atomic E-state index is -2.18. The summed E-state index contributed by atoms with van der Waals surface area (Å²) in [4.78, 5) is 81.7. The lowest BCUT2D eigenvalue weighted by atomic mass is 9.86. The monoisotopic (exact) mass is 1290 g/mol. The van der Waals surface area contributed by atoms with Gasteiger partial charge in [0.2, 0.25) is 41.4 Å². The van der Waals surface area contributed by atoms with Gasteiger partial charge in [-0.15, -0.1) is 0 Å². The van der Waals surface area contributed by atoms with Gasteiger partial charge in [0.1, 0.15) is 0 Å². The van der Waals surface area contributed by atoms with Crippen molar-refractivity contribution in [2.24, 2.45) is 75.8 Å². The highest BCUT2D eigenvalue weighted by Gasteiger charge is 2.33. The Hall–Kier alpha value is -3.71. The molecule has 0 heterocycles. The van der Waals surface area contributed by atoms with Crippen LogP contribution in [0.1, 0.15) is 344 Å². The molecule has 0 aromatic heterocycles. The predicted octanol–water partition coefficient (Wildman–Crippen LogP) is 17.7. The molecule has 90 heavy (non-hydrogen) atoms. The highest BCUT2D eigenvalue weighted by molar-refractivity contribution is 5.84. The van der Waals surface area contributed by atoms with Crippen molar-refractivity contribution < 1.29 is 45.9 Å². The molecule has 0 saturated carbocycles. The van der Waals surface area contributed by atoms with E-state index in [4.69, 9.17) is 12.3 Å². The molecule has 0 aliphatic heterocycles. The summed E-state index contributed by atoms with van der Waals surface area (Å²) in [6, 6.07) is -1.86. The zero-order valence-electron chi connectivity index (χ0n) is 76.5. The van der Waals surface area contributed by atoms with Gasteiger partial charge in [0.05, 0.1) is 0 Å². The third-order valence-corrected chi connectivity index (χ3v) is 13.9. The number of carbonyl (C=O) groups is 7. The summed E-state index contributed by atoms with van der Waals surface area (Å²) in [5, 5.41) is 19.9. The Bertz CT molecular complexity index is 2160. The van der Waals surface area contributed by atoms with Crippen LogP contribution in [-0.2, 0) is 33.6 Å². The molecule has 0 aromatic rings. The molecule has 14 nitrogen and oxygen atoms in total. The maximum absolute atomic E-state index is 11.8. The fourth-order valence-electron chi connectivity index (χ4n) is 4.19. The summed E-state index contributed by atoms with van der Waals surface area (Å²) in [5.41, 5.74) is -3.81. The molecule has 7 N–H and O–H groups in total. The van der Waals surface area contributed by atoms with Crippen molar-refractivity contribution in [3.8, 4) is 0 Å². The first-order chi connectivity index (χ1) is 42.1. The number of nitrogens with one attached hydrogen (secondary N) is 7. The van der Waals surface area contributed by atoms with E-state index < -0.39 is 71.2 Å². The Balaban J connectivity index is -0.000000200. The zero-order valence-corrected chi connectivity index (χ0v) is 67.5. The molecule has 0 saturated heterocycles. The van der Waals surface area contributed by atoms with Crippen LogP contribution >= 0.6 is 0 Å². The molecular formula is C76H159N7O7. The Labute approximate surface area is 573 Å². The van der Waals surface area contributed by atoms with Crippen LogP contribution in [0.4, 0.5) is 0 Å². The van der Waals surface area contributed by atoms with Gasteiger partial charge >= 0.3 is 0 Å². The Morgan fingerprint density at radius 3 is 0.444 bits per heavy atom. The third kappa shape index (κ3) is 53.8. The van der Waals surface area contributed by atoms with Crippen LogP contribution < -0.4 is 37.2 Å². The lowest BCUT2D eigenvalue weighted by Gasteiger charge is -2.30. The van der Waals surface area contributed by atoms with E-state index in [1.807, 2.05) is 166 Å². The van der Waals surface area contributed by atoms with Crippen LogP contribution in [-0.4, -0.2) is 84.1 Å². The van der Waals surface area contributed by atoms with Gasteiger partial charge in [-0.1, -0.05) is 291 Å². The van der Waals surface area contributed by atoms with Crippen molar-refractivity contribution in [1.29, 1.82) is 0 Å². The number of hydrogen-bond donors (Lipinski definition) is 7. The highest BCUT2D eigenvalue weighted by Crippen LogP contribution is 2.27. The first kappa shape index (κ1) is 80.5. The van der Waals surface area contributed by atoms with E-state index in [2.05, 4.69) is 120 Å². The summed E-state index contributed by atoms with van der Waals surface area (Å²) in [7, 11) is 0. The fraction of sp³-hybridized carbons (Fsp3) is 0.908. The van der Waals surface area contributed by atoms with Gasteiger partial charge < -0.3 is 37.2 Å². The summed E-state index contributed by atoms with van der Waals surface area (Å²) < 4.78 is 67.2. The van der Waals surface area contributed by atoms with Crippen molar-refractivity contribution >= 4 is 41.4 Å². The molecule has 0 aromatic carbocycles. The molecule has 7 amide bonds. The van der Waals surface area contributed by atoms with Gasteiger partial charge in [0, 0.05) is 93.0 Å². The molecule has 0 aliphatic carbocycles. The van der Waals surface area contributed by atoms with E-state index in [-0.39, 0.29) is 103 Å². The van der Waals surface area contributed by atoms with Gasteiger partial charge in [-0.2, -0.15) is 0 Å². The Morgan fingerprint density at radius 1 is 0.233 bits per heavy atom. The minimum Gasteiger partial charge on any atom is -0.355 e. The van der Waals surface area contributed by atoms with E-state index in [0.717, 1.165) is 6.54 Å². The zero-order chi connectivity index (χ0) is 82.7. The van der Waals surface area contributed by atoms with Gasteiger partial charge in [-0.3, -0.25) is 33.6 Å². The standard InChI is InChI=1S/6C11H23NO.C10H21NO/c6*1-8(10(2,3)4)12-9(13)11(5,6)7;1-9(2,3)7-11-8(12)10(4,5)6/h6*8H,1-7H3,(H,12,13);7H2,1-6H3,(H,11,12)/t4*8-;;;/m1100.../s1/i1D3;;1D3;;1D3;;. The molecule has 0 spiro atoms. The van der Waals surface area contributed by atoms with E-state index in [9.17, 15) is 33.6 Å². The largest absolute Gasteiger partial charge is 0.355 e. The fourth-order valence-corrected chi connectivity index (χ4v) is 4.19. The number of carbonyl (C=O) groups excluding carboxylic acids is 7. The topological polar surface area (TPSA) is 204 Å². The van der Waals surface area contributed by atoms with Crippen LogP contribution in [0.3, 0.4) is 0 Å². The minimum absolute atomic E-state index is 0.120. The van der Waals surface area contributed by atoms with Gasteiger partial charge in [0.25, 0.3) is 0 Å². The van der Waals surface area contributed by atoms with E-state index in [0.29, 0.717) is 0 Å². The maximum Gasteiger partial charge on any atom is 0.225 e. The lowest BCUT2D eigenvalue weighted by molar-refractivity contribution is -0.130. The van der Waals surface area contributed by atoms with Gasteiger partial charge in [-0.05, 0) is 79.2 Å². The first-order valence-electron chi connectivity index (χ1n) is 37.2. The number of hydrogen-bond acceptors (Lipinski definition) is 7. The van der Waals surface area contributed by atoms with Crippen LogP contribution in [0.2, 0.25) is 0 Å².